The van der Waals surface area contributed by atoms with Crippen LogP contribution in [0.2, 0.25) is 0 Å². The molecule has 8 heteroatoms. The van der Waals surface area contributed by atoms with Crippen molar-refractivity contribution in [3.05, 3.63) is 83.9 Å². The first-order valence-corrected chi connectivity index (χ1v) is 8.69. The molecule has 0 aliphatic heterocycles. The molecule has 0 radical (unpaired) electrons. The lowest BCUT2D eigenvalue weighted by Crippen LogP contribution is -2.41. The Bertz CT molecular complexity index is 945. The molecule has 1 heterocycles. The van der Waals surface area contributed by atoms with Gasteiger partial charge in [0.25, 0.3) is 0 Å². The maximum absolute atomic E-state index is 14.3. The van der Waals surface area contributed by atoms with Crippen molar-refractivity contribution in [1.29, 1.82) is 0 Å². The average molecular weight is 386 g/mol. The van der Waals surface area contributed by atoms with Gasteiger partial charge in [0, 0.05) is 25.0 Å². The van der Waals surface area contributed by atoms with Crippen molar-refractivity contribution in [3.63, 3.8) is 0 Å². The minimum atomic E-state index is -0.770. The molecule has 0 saturated heterocycles. The molecule has 2 N–H and O–H groups in total. The molecule has 2 aromatic carbocycles. The zero-order chi connectivity index (χ0) is 19.9. The van der Waals surface area contributed by atoms with Crippen LogP contribution in [0.1, 0.15) is 17.4 Å². The number of hydrogen-bond acceptors (Lipinski definition) is 3. The van der Waals surface area contributed by atoms with E-state index in [1.165, 1.54) is 18.2 Å². The fourth-order valence-corrected chi connectivity index (χ4v) is 2.72. The van der Waals surface area contributed by atoms with Gasteiger partial charge in [-0.25, -0.2) is 18.6 Å². The van der Waals surface area contributed by atoms with E-state index < -0.39 is 23.7 Å². The summed E-state index contributed by atoms with van der Waals surface area (Å²) in [6.45, 7) is 0.228. The van der Waals surface area contributed by atoms with Crippen LogP contribution in [0.15, 0.2) is 60.9 Å². The van der Waals surface area contributed by atoms with Crippen LogP contribution in [0.3, 0.4) is 0 Å². The number of benzene rings is 2. The van der Waals surface area contributed by atoms with Crippen LogP contribution in [0.25, 0.3) is 0 Å². The van der Waals surface area contributed by atoms with Crippen molar-refractivity contribution >= 4 is 6.03 Å². The number of hydrogen-bond donors (Lipinski definition) is 2. The number of imidazole rings is 1. The van der Waals surface area contributed by atoms with Crippen molar-refractivity contribution in [3.8, 4) is 5.75 Å². The van der Waals surface area contributed by atoms with E-state index >= 15 is 0 Å². The van der Waals surface area contributed by atoms with Gasteiger partial charge in [-0.1, -0.05) is 30.3 Å². The Labute approximate surface area is 161 Å². The summed E-state index contributed by atoms with van der Waals surface area (Å²) in [7, 11) is 1.76. The van der Waals surface area contributed by atoms with Crippen molar-refractivity contribution < 1.29 is 18.3 Å². The number of nitrogens with zero attached hydrogens (tertiary/aromatic N) is 2. The van der Waals surface area contributed by atoms with E-state index in [2.05, 4.69) is 15.6 Å². The van der Waals surface area contributed by atoms with Crippen LogP contribution < -0.4 is 15.4 Å². The number of para-hydroxylation sites is 1. The molecule has 0 fully saturated rings. The van der Waals surface area contributed by atoms with E-state index in [9.17, 15) is 13.6 Å². The molecule has 6 nitrogen and oxygen atoms in total. The number of nitrogens with one attached hydrogen (secondary N) is 2. The standard InChI is InChI=1S/C20H20F2N4O2/c1-26-12-10-23-19(26)18(14-6-2-3-7-15(14)21)25-20(27)24-11-13-28-17-9-5-4-8-16(17)22/h2-10,12,18H,11,13H2,1H3,(H2,24,25,27). The van der Waals surface area contributed by atoms with Gasteiger partial charge in [-0.3, -0.25) is 0 Å². The fourth-order valence-electron chi connectivity index (χ4n) is 2.72. The van der Waals surface area contributed by atoms with Gasteiger partial charge in [-0.2, -0.15) is 0 Å². The molecule has 0 saturated carbocycles. The van der Waals surface area contributed by atoms with E-state index in [1.54, 1.807) is 54.3 Å². The van der Waals surface area contributed by atoms with E-state index in [4.69, 9.17) is 4.74 Å². The molecule has 1 atom stereocenters. The number of ether oxygens (including phenoxy) is 1. The Morgan fingerprint density at radius 3 is 2.54 bits per heavy atom. The Morgan fingerprint density at radius 2 is 1.86 bits per heavy atom. The zero-order valence-electron chi connectivity index (χ0n) is 15.2. The Kier molecular flexibility index (Phi) is 6.21. The summed E-state index contributed by atoms with van der Waals surface area (Å²) in [6, 6.07) is 10.9. The van der Waals surface area contributed by atoms with Crippen molar-refractivity contribution in [2.45, 2.75) is 6.04 Å². The van der Waals surface area contributed by atoms with Gasteiger partial charge in [0.15, 0.2) is 11.6 Å². The Hall–Kier alpha value is -3.42. The summed E-state index contributed by atoms with van der Waals surface area (Å²) >= 11 is 0. The molecule has 28 heavy (non-hydrogen) atoms. The molecule has 3 rings (SSSR count). The van der Waals surface area contributed by atoms with E-state index in [0.29, 0.717) is 11.4 Å². The molecule has 146 valence electrons. The first-order chi connectivity index (χ1) is 13.6. The molecular formula is C20H20F2N4O2. The van der Waals surface area contributed by atoms with Crippen LogP contribution in [0.5, 0.6) is 5.75 Å². The molecule has 1 unspecified atom stereocenters. The normalized spacial score (nSPS) is 11.7. The lowest BCUT2D eigenvalue weighted by atomic mass is 10.1. The number of amides is 2. The molecule has 0 aliphatic carbocycles. The molecule has 3 aromatic rings. The first-order valence-electron chi connectivity index (χ1n) is 8.69. The average Bonchev–Trinajstić information content (AvgIpc) is 3.11. The molecular weight excluding hydrogens is 366 g/mol. The number of urea groups is 1. The fraction of sp³-hybridized carbons (Fsp3) is 0.200. The zero-order valence-corrected chi connectivity index (χ0v) is 15.2. The van der Waals surface area contributed by atoms with Gasteiger partial charge < -0.3 is 19.9 Å². The van der Waals surface area contributed by atoms with Crippen molar-refractivity contribution in [2.75, 3.05) is 13.2 Å². The second kappa shape index (κ2) is 8.98. The summed E-state index contributed by atoms with van der Waals surface area (Å²) in [6.07, 6.45) is 3.29. The quantitative estimate of drug-likeness (QED) is 0.613. The van der Waals surface area contributed by atoms with E-state index in [0.717, 1.165) is 0 Å². The maximum Gasteiger partial charge on any atom is 0.315 e. The third-order valence-electron chi connectivity index (χ3n) is 4.09. The molecule has 1 aromatic heterocycles. The maximum atomic E-state index is 14.3. The highest BCUT2D eigenvalue weighted by Gasteiger charge is 2.23. The smallest absolute Gasteiger partial charge is 0.315 e. The highest BCUT2D eigenvalue weighted by Crippen LogP contribution is 2.23. The van der Waals surface area contributed by atoms with E-state index in [1.807, 2.05) is 0 Å². The van der Waals surface area contributed by atoms with Crippen LogP contribution in [-0.2, 0) is 7.05 Å². The molecule has 0 bridgehead atoms. The molecule has 0 spiro atoms. The first kappa shape index (κ1) is 19.3. The van der Waals surface area contributed by atoms with Gasteiger partial charge in [0.2, 0.25) is 0 Å². The van der Waals surface area contributed by atoms with Crippen LogP contribution in [0, 0.1) is 11.6 Å². The Balaban J connectivity index is 1.61. The van der Waals surface area contributed by atoms with Gasteiger partial charge in [0.05, 0.1) is 6.54 Å². The monoisotopic (exact) mass is 386 g/mol. The van der Waals surface area contributed by atoms with Crippen molar-refractivity contribution in [1.82, 2.24) is 20.2 Å². The number of carbonyl (C=O) groups is 1. The van der Waals surface area contributed by atoms with E-state index in [-0.39, 0.29) is 18.9 Å². The van der Waals surface area contributed by atoms with Gasteiger partial charge in [0.1, 0.15) is 24.3 Å². The number of aromatic nitrogens is 2. The summed E-state index contributed by atoms with van der Waals surface area (Å²) in [5, 5.41) is 5.34. The number of halogens is 2. The highest BCUT2D eigenvalue weighted by atomic mass is 19.1. The van der Waals surface area contributed by atoms with Gasteiger partial charge in [-0.05, 0) is 18.2 Å². The lowest BCUT2D eigenvalue weighted by molar-refractivity contribution is 0.233. The second-order valence-corrected chi connectivity index (χ2v) is 6.03. The number of carbonyl (C=O) groups excluding carboxylic acids is 1. The summed E-state index contributed by atoms with van der Waals surface area (Å²) in [5.41, 5.74) is 0.301. The summed E-state index contributed by atoms with van der Waals surface area (Å²) in [5.74, 6) is -0.315. The third kappa shape index (κ3) is 4.64. The van der Waals surface area contributed by atoms with Crippen LogP contribution in [-0.4, -0.2) is 28.7 Å². The number of aryl methyl sites for hydroxylation is 1. The Morgan fingerprint density at radius 1 is 1.14 bits per heavy atom. The summed E-state index contributed by atoms with van der Waals surface area (Å²) in [4.78, 5) is 16.5. The predicted molar refractivity (Wildman–Crippen MR) is 99.9 cm³/mol. The van der Waals surface area contributed by atoms with Crippen molar-refractivity contribution in [2.24, 2.45) is 7.05 Å². The summed E-state index contributed by atoms with van der Waals surface area (Å²) < 4.78 is 34.8. The largest absolute Gasteiger partial charge is 0.489 e. The SMILES string of the molecule is Cn1ccnc1C(NC(=O)NCCOc1ccccc1F)c1ccccc1F. The minimum Gasteiger partial charge on any atom is -0.489 e. The molecule has 2 amide bonds. The minimum absolute atomic E-state index is 0.0844. The third-order valence-corrected chi connectivity index (χ3v) is 4.09. The second-order valence-electron chi connectivity index (χ2n) is 6.03. The number of rotatable bonds is 7. The topological polar surface area (TPSA) is 68.2 Å². The molecule has 0 aliphatic rings. The van der Waals surface area contributed by atoms with Gasteiger partial charge >= 0.3 is 6.03 Å². The highest BCUT2D eigenvalue weighted by molar-refractivity contribution is 5.74. The van der Waals surface area contributed by atoms with Gasteiger partial charge in [-0.15, -0.1) is 0 Å². The lowest BCUT2D eigenvalue weighted by Gasteiger charge is -2.20. The predicted octanol–water partition coefficient (Wildman–Crippen LogP) is 3.17. The van der Waals surface area contributed by atoms with Crippen LogP contribution in [0.4, 0.5) is 13.6 Å². The van der Waals surface area contributed by atoms with Crippen LogP contribution >= 0.6 is 0 Å².